The van der Waals surface area contributed by atoms with Crippen LogP contribution in [0.2, 0.25) is 0 Å². The molecular formula is C15H18N6O. The van der Waals surface area contributed by atoms with Crippen molar-refractivity contribution in [1.82, 2.24) is 19.9 Å². The van der Waals surface area contributed by atoms with Crippen LogP contribution in [0.1, 0.15) is 19.5 Å². The van der Waals surface area contributed by atoms with Gasteiger partial charge in [0.15, 0.2) is 5.82 Å². The Labute approximate surface area is 128 Å². The lowest BCUT2D eigenvalue weighted by Gasteiger charge is -2.38. The van der Waals surface area contributed by atoms with Crippen molar-refractivity contribution in [2.75, 3.05) is 18.0 Å². The highest BCUT2D eigenvalue weighted by molar-refractivity contribution is 5.86. The zero-order valence-corrected chi connectivity index (χ0v) is 12.9. The van der Waals surface area contributed by atoms with E-state index < -0.39 is 0 Å². The van der Waals surface area contributed by atoms with Gasteiger partial charge in [-0.2, -0.15) is 10.2 Å². The van der Waals surface area contributed by atoms with Crippen LogP contribution in [0.3, 0.4) is 0 Å². The first-order valence-corrected chi connectivity index (χ1v) is 7.29. The molecule has 1 N–H and O–H groups in total. The summed E-state index contributed by atoms with van der Waals surface area (Å²) in [6.07, 6.45) is 0. The number of piperazine rings is 1. The number of pyridine rings is 1. The predicted molar refractivity (Wildman–Crippen MR) is 83.8 cm³/mol. The predicted octanol–water partition coefficient (Wildman–Crippen LogP) is 0.387. The number of fused-ring (bicyclic) bond motifs is 1. The number of aryl methyl sites for hydroxylation is 1. The average molecular weight is 298 g/mol. The van der Waals surface area contributed by atoms with Gasteiger partial charge >= 0.3 is 5.69 Å². The molecule has 3 heterocycles. The molecule has 0 spiro atoms. The van der Waals surface area contributed by atoms with Gasteiger partial charge < -0.3 is 10.2 Å². The van der Waals surface area contributed by atoms with Crippen molar-refractivity contribution in [2.45, 2.75) is 25.9 Å². The standard InChI is InChI=1S/C15H18N6O/c1-9-8-21(10(2)7-17-9)14-13-12(20(3)15(22)19-14)5-4-11(6-16)18-13/h4-5,9-10,17H,7-8H2,1-3H3/t9-,10+/m1/s1. The number of hydrogen-bond acceptors (Lipinski definition) is 6. The molecule has 0 aliphatic carbocycles. The Morgan fingerprint density at radius 1 is 1.36 bits per heavy atom. The van der Waals surface area contributed by atoms with Crippen LogP contribution < -0.4 is 15.9 Å². The van der Waals surface area contributed by atoms with Crippen LogP contribution in [0.5, 0.6) is 0 Å². The first-order valence-electron chi connectivity index (χ1n) is 7.29. The van der Waals surface area contributed by atoms with Gasteiger partial charge in [-0.15, -0.1) is 0 Å². The molecule has 3 rings (SSSR count). The highest BCUT2D eigenvalue weighted by atomic mass is 16.1. The fourth-order valence-corrected chi connectivity index (χ4v) is 2.79. The van der Waals surface area contributed by atoms with Crippen LogP contribution in [-0.4, -0.2) is 39.7 Å². The van der Waals surface area contributed by atoms with Crippen LogP contribution in [0.15, 0.2) is 16.9 Å². The summed E-state index contributed by atoms with van der Waals surface area (Å²) in [5.41, 5.74) is 1.30. The van der Waals surface area contributed by atoms with Crippen molar-refractivity contribution in [3.63, 3.8) is 0 Å². The van der Waals surface area contributed by atoms with Gasteiger partial charge in [0.1, 0.15) is 17.3 Å². The number of nitrogens with one attached hydrogen (secondary N) is 1. The maximum Gasteiger partial charge on any atom is 0.349 e. The van der Waals surface area contributed by atoms with Crippen LogP contribution in [0.4, 0.5) is 5.82 Å². The molecule has 2 atom stereocenters. The molecule has 1 saturated heterocycles. The van der Waals surface area contributed by atoms with Crippen molar-refractivity contribution in [3.05, 3.63) is 28.3 Å². The zero-order valence-electron chi connectivity index (χ0n) is 12.9. The van der Waals surface area contributed by atoms with E-state index >= 15 is 0 Å². The van der Waals surface area contributed by atoms with Crippen molar-refractivity contribution < 1.29 is 0 Å². The normalized spacial score (nSPS) is 21.8. The summed E-state index contributed by atoms with van der Waals surface area (Å²) in [5, 5.41) is 12.5. The molecule has 2 aromatic rings. The van der Waals surface area contributed by atoms with E-state index in [9.17, 15) is 4.79 Å². The van der Waals surface area contributed by atoms with Gasteiger partial charge in [0.05, 0.1) is 5.52 Å². The minimum atomic E-state index is -0.313. The number of rotatable bonds is 1. The van der Waals surface area contributed by atoms with E-state index in [-0.39, 0.29) is 11.7 Å². The second-order valence-corrected chi connectivity index (χ2v) is 5.76. The minimum Gasteiger partial charge on any atom is -0.349 e. The molecule has 2 aromatic heterocycles. The SMILES string of the molecule is C[C@@H]1CN(c2nc(=O)n(C)c3ccc(C#N)nc23)[C@@H](C)CN1. The highest BCUT2D eigenvalue weighted by Gasteiger charge is 2.26. The quantitative estimate of drug-likeness (QED) is 0.819. The summed E-state index contributed by atoms with van der Waals surface area (Å²) < 4.78 is 1.46. The number of aromatic nitrogens is 3. The Balaban J connectivity index is 2.26. The summed E-state index contributed by atoms with van der Waals surface area (Å²) in [5.74, 6) is 0.566. The largest absolute Gasteiger partial charge is 0.349 e. The van der Waals surface area contributed by atoms with Gasteiger partial charge in [-0.3, -0.25) is 4.57 Å². The molecule has 0 saturated carbocycles. The van der Waals surface area contributed by atoms with Crippen molar-refractivity contribution in [1.29, 1.82) is 5.26 Å². The molecule has 0 bridgehead atoms. The Hall–Kier alpha value is -2.46. The van der Waals surface area contributed by atoms with Gasteiger partial charge in [0.25, 0.3) is 0 Å². The van der Waals surface area contributed by atoms with Gasteiger partial charge in [0, 0.05) is 32.2 Å². The Kier molecular flexibility index (Phi) is 3.54. The summed E-state index contributed by atoms with van der Waals surface area (Å²) in [4.78, 5) is 22.9. The number of hydrogen-bond donors (Lipinski definition) is 1. The topological polar surface area (TPSA) is 86.8 Å². The maximum atomic E-state index is 12.2. The molecule has 0 unspecified atom stereocenters. The summed E-state index contributed by atoms with van der Waals surface area (Å²) in [6.45, 7) is 5.74. The van der Waals surface area contributed by atoms with E-state index in [0.717, 1.165) is 13.1 Å². The van der Waals surface area contributed by atoms with Gasteiger partial charge in [-0.1, -0.05) is 0 Å². The van der Waals surface area contributed by atoms with Crippen LogP contribution in [0.25, 0.3) is 11.0 Å². The number of nitrogens with zero attached hydrogens (tertiary/aromatic N) is 5. The summed E-state index contributed by atoms with van der Waals surface area (Å²) in [6, 6.07) is 5.92. The highest BCUT2D eigenvalue weighted by Crippen LogP contribution is 2.24. The van der Waals surface area contributed by atoms with E-state index in [2.05, 4.69) is 34.0 Å². The van der Waals surface area contributed by atoms with Gasteiger partial charge in [-0.25, -0.2) is 9.78 Å². The molecule has 114 valence electrons. The summed E-state index contributed by atoms with van der Waals surface area (Å²) in [7, 11) is 1.67. The lowest BCUT2D eigenvalue weighted by molar-refractivity contribution is 0.423. The van der Waals surface area contributed by atoms with Crippen LogP contribution >= 0.6 is 0 Å². The number of anilines is 1. The maximum absolute atomic E-state index is 12.2. The fraction of sp³-hybridized carbons (Fsp3) is 0.467. The van der Waals surface area contributed by atoms with Gasteiger partial charge in [0.2, 0.25) is 0 Å². The van der Waals surface area contributed by atoms with Gasteiger partial charge in [-0.05, 0) is 26.0 Å². The first kappa shape index (κ1) is 14.5. The zero-order chi connectivity index (χ0) is 15.9. The first-order chi connectivity index (χ1) is 10.5. The Morgan fingerprint density at radius 3 is 2.86 bits per heavy atom. The van der Waals surface area contributed by atoms with Crippen molar-refractivity contribution in [3.8, 4) is 6.07 Å². The minimum absolute atomic E-state index is 0.201. The summed E-state index contributed by atoms with van der Waals surface area (Å²) >= 11 is 0. The lowest BCUT2D eigenvalue weighted by Crippen LogP contribution is -2.55. The third-order valence-electron chi connectivity index (χ3n) is 4.09. The number of nitriles is 1. The molecule has 1 aliphatic heterocycles. The van der Waals surface area contributed by atoms with Crippen molar-refractivity contribution >= 4 is 16.9 Å². The van der Waals surface area contributed by atoms with E-state index in [4.69, 9.17) is 5.26 Å². The third kappa shape index (κ3) is 2.31. The second-order valence-electron chi connectivity index (χ2n) is 5.76. The molecule has 7 nitrogen and oxygen atoms in total. The van der Waals surface area contributed by atoms with Crippen LogP contribution in [0, 0.1) is 11.3 Å². The molecule has 7 heteroatoms. The molecule has 0 radical (unpaired) electrons. The van der Waals surface area contributed by atoms with Crippen LogP contribution in [-0.2, 0) is 7.05 Å². The molecular weight excluding hydrogens is 280 g/mol. The third-order valence-corrected chi connectivity index (χ3v) is 4.09. The van der Waals surface area contributed by atoms with E-state index in [1.165, 1.54) is 4.57 Å². The molecule has 22 heavy (non-hydrogen) atoms. The van der Waals surface area contributed by atoms with E-state index in [1.54, 1.807) is 19.2 Å². The fourth-order valence-electron chi connectivity index (χ4n) is 2.79. The van der Waals surface area contributed by atoms with E-state index in [1.807, 2.05) is 6.07 Å². The molecule has 0 amide bonds. The smallest absolute Gasteiger partial charge is 0.349 e. The molecule has 1 aliphatic rings. The average Bonchev–Trinajstić information content (AvgIpc) is 2.53. The lowest BCUT2D eigenvalue weighted by atomic mass is 10.1. The van der Waals surface area contributed by atoms with Crippen molar-refractivity contribution in [2.24, 2.45) is 7.05 Å². The monoisotopic (exact) mass is 298 g/mol. The Bertz CT molecular complexity index is 821. The second kappa shape index (κ2) is 5.39. The molecule has 0 aromatic carbocycles. The molecule has 1 fully saturated rings. The van der Waals surface area contributed by atoms with E-state index in [0.29, 0.717) is 28.6 Å². The Morgan fingerprint density at radius 2 is 2.14 bits per heavy atom.